The second-order valence-electron chi connectivity index (χ2n) is 7.10. The number of sulfone groups is 1. The highest BCUT2D eigenvalue weighted by Crippen LogP contribution is 2.39. The monoisotopic (exact) mass is 419 g/mol. The highest BCUT2D eigenvalue weighted by atomic mass is 35.5. The number of anilines is 1. The van der Waals surface area contributed by atoms with Gasteiger partial charge in [0.25, 0.3) is 0 Å². The van der Waals surface area contributed by atoms with E-state index >= 15 is 0 Å². The number of hydrogen-bond donors (Lipinski definition) is 2. The zero-order valence-corrected chi connectivity index (χ0v) is 16.6. The second-order valence-corrected chi connectivity index (χ2v) is 9.69. The maximum atomic E-state index is 11.9. The molecule has 146 valence electrons. The van der Waals surface area contributed by atoms with Gasteiger partial charge in [0.2, 0.25) is 5.95 Å². The van der Waals surface area contributed by atoms with E-state index in [-0.39, 0.29) is 23.5 Å². The number of nitrogens with two attached hydrogens (primary N) is 1. The first-order valence-electron chi connectivity index (χ1n) is 8.86. The standard InChI is InChI=1S/C17H18ClN7O2S/c1-9-13(14(18)25(23-9)10-6-7-28(26,27)8-10)15-21-16(19)22-17-20-11-4-2-3-5-12(11)24(15)17/h2-5,10,15H,6-8H2,1H3,(H3,19,20,21,22). The van der Waals surface area contributed by atoms with E-state index in [0.29, 0.717) is 28.8 Å². The molecule has 1 aromatic carbocycles. The Balaban J connectivity index is 1.67. The first-order valence-corrected chi connectivity index (χ1v) is 11.1. The fourth-order valence-corrected chi connectivity index (χ4v) is 6.05. The minimum Gasteiger partial charge on any atom is -0.370 e. The Morgan fingerprint density at radius 2 is 2.11 bits per heavy atom. The van der Waals surface area contributed by atoms with Crippen LogP contribution in [0.5, 0.6) is 0 Å². The van der Waals surface area contributed by atoms with Gasteiger partial charge in [0.05, 0.1) is 39.8 Å². The summed E-state index contributed by atoms with van der Waals surface area (Å²) in [7, 11) is -3.06. The van der Waals surface area contributed by atoms with Crippen molar-refractivity contribution in [3.63, 3.8) is 0 Å². The summed E-state index contributed by atoms with van der Waals surface area (Å²) in [5.41, 5.74) is 9.07. The topological polar surface area (TPSA) is 120 Å². The van der Waals surface area contributed by atoms with E-state index in [1.54, 1.807) is 4.68 Å². The molecule has 0 bridgehead atoms. The van der Waals surface area contributed by atoms with Crippen LogP contribution in [0.15, 0.2) is 29.3 Å². The van der Waals surface area contributed by atoms with Crippen molar-refractivity contribution >= 4 is 44.4 Å². The number of hydrogen-bond acceptors (Lipinski definition) is 7. The summed E-state index contributed by atoms with van der Waals surface area (Å²) in [5, 5.41) is 7.92. The number of nitrogens with zero attached hydrogens (tertiary/aromatic N) is 5. The number of guanidine groups is 1. The van der Waals surface area contributed by atoms with E-state index in [4.69, 9.17) is 17.3 Å². The molecule has 2 aliphatic rings. The molecule has 2 aliphatic heterocycles. The molecule has 11 heteroatoms. The largest absolute Gasteiger partial charge is 0.370 e. The average molecular weight is 420 g/mol. The highest BCUT2D eigenvalue weighted by Gasteiger charge is 2.35. The van der Waals surface area contributed by atoms with Gasteiger partial charge in [0.15, 0.2) is 22.0 Å². The van der Waals surface area contributed by atoms with E-state index in [9.17, 15) is 8.42 Å². The molecule has 4 heterocycles. The molecule has 0 amide bonds. The number of para-hydroxylation sites is 2. The van der Waals surface area contributed by atoms with Gasteiger partial charge in [-0.3, -0.25) is 9.88 Å². The lowest BCUT2D eigenvalue weighted by molar-refractivity contribution is 0.497. The molecular formula is C17H18ClN7O2S. The Hall–Kier alpha value is -2.59. The van der Waals surface area contributed by atoms with Crippen LogP contribution in [0, 0.1) is 6.92 Å². The Bertz CT molecular complexity index is 1240. The molecule has 9 nitrogen and oxygen atoms in total. The van der Waals surface area contributed by atoms with Crippen molar-refractivity contribution < 1.29 is 8.42 Å². The van der Waals surface area contributed by atoms with E-state index in [1.165, 1.54) is 0 Å². The highest BCUT2D eigenvalue weighted by molar-refractivity contribution is 7.91. The Morgan fingerprint density at radius 3 is 2.86 bits per heavy atom. The third-order valence-corrected chi connectivity index (χ3v) is 7.35. The van der Waals surface area contributed by atoms with Crippen molar-refractivity contribution in [2.45, 2.75) is 25.6 Å². The Labute approximate surface area is 166 Å². The summed E-state index contributed by atoms with van der Waals surface area (Å²) in [4.78, 5) is 9.14. The number of aryl methyl sites for hydroxylation is 1. The van der Waals surface area contributed by atoms with Gasteiger partial charge in [0, 0.05) is 0 Å². The number of aromatic nitrogens is 4. The van der Waals surface area contributed by atoms with Crippen LogP contribution < -0.4 is 11.1 Å². The van der Waals surface area contributed by atoms with Gasteiger partial charge >= 0.3 is 0 Å². The van der Waals surface area contributed by atoms with Gasteiger partial charge in [-0.05, 0) is 25.5 Å². The molecule has 1 saturated heterocycles. The quantitative estimate of drug-likeness (QED) is 0.653. The van der Waals surface area contributed by atoms with E-state index < -0.39 is 16.0 Å². The van der Waals surface area contributed by atoms with Crippen LogP contribution in [0.4, 0.5) is 5.95 Å². The van der Waals surface area contributed by atoms with Crippen molar-refractivity contribution in [3.8, 4) is 0 Å². The van der Waals surface area contributed by atoms with Crippen LogP contribution in [-0.2, 0) is 9.84 Å². The molecular weight excluding hydrogens is 402 g/mol. The third-order valence-electron chi connectivity index (χ3n) is 5.23. The van der Waals surface area contributed by atoms with Crippen molar-refractivity contribution in [1.82, 2.24) is 19.3 Å². The molecule has 3 N–H and O–H groups in total. The lowest BCUT2D eigenvalue weighted by Gasteiger charge is -2.23. The number of nitrogens with one attached hydrogen (secondary N) is 1. The number of aliphatic imine (C=N–C) groups is 1. The van der Waals surface area contributed by atoms with Crippen LogP contribution in [0.25, 0.3) is 11.0 Å². The van der Waals surface area contributed by atoms with E-state index in [2.05, 4.69) is 20.4 Å². The summed E-state index contributed by atoms with van der Waals surface area (Å²) in [5.74, 6) is 1.01. The van der Waals surface area contributed by atoms with Crippen LogP contribution in [-0.4, -0.2) is 45.2 Å². The van der Waals surface area contributed by atoms with Gasteiger partial charge < -0.3 is 5.73 Å². The van der Waals surface area contributed by atoms with Crippen LogP contribution in [0.3, 0.4) is 0 Å². The number of halogens is 1. The molecule has 2 aromatic heterocycles. The zero-order chi connectivity index (χ0) is 19.6. The second kappa shape index (κ2) is 5.95. The van der Waals surface area contributed by atoms with Crippen LogP contribution >= 0.6 is 11.6 Å². The fourth-order valence-electron chi connectivity index (χ4n) is 3.95. The molecule has 0 saturated carbocycles. The summed E-state index contributed by atoms with van der Waals surface area (Å²) >= 11 is 6.71. The molecule has 0 aliphatic carbocycles. The van der Waals surface area contributed by atoms with Crippen molar-refractivity contribution in [3.05, 3.63) is 40.7 Å². The average Bonchev–Trinajstić information content (AvgIpc) is 3.27. The minimum atomic E-state index is -3.06. The van der Waals surface area contributed by atoms with Crippen molar-refractivity contribution in [2.75, 3.05) is 16.8 Å². The summed E-state index contributed by atoms with van der Waals surface area (Å²) < 4.78 is 27.3. The predicted octanol–water partition coefficient (Wildman–Crippen LogP) is 1.84. The smallest absolute Gasteiger partial charge is 0.212 e. The summed E-state index contributed by atoms with van der Waals surface area (Å²) in [6.45, 7) is 1.84. The van der Waals surface area contributed by atoms with Gasteiger partial charge in [0.1, 0.15) is 5.15 Å². The number of imidazole rings is 1. The van der Waals surface area contributed by atoms with E-state index in [0.717, 1.165) is 11.0 Å². The third kappa shape index (κ3) is 2.59. The lowest BCUT2D eigenvalue weighted by Crippen LogP contribution is -2.31. The number of fused-ring (bicyclic) bond motifs is 3. The predicted molar refractivity (Wildman–Crippen MR) is 107 cm³/mol. The van der Waals surface area contributed by atoms with Gasteiger partial charge in [-0.25, -0.2) is 23.1 Å². The SMILES string of the molecule is Cc1nn(C2CCS(=O)(=O)C2)c(Cl)c1C1N=C(N)Nc2nc3ccccc3n21. The first kappa shape index (κ1) is 17.5. The zero-order valence-electron chi connectivity index (χ0n) is 15.0. The lowest BCUT2D eigenvalue weighted by atomic mass is 10.2. The van der Waals surface area contributed by atoms with Crippen LogP contribution in [0.1, 0.15) is 29.9 Å². The molecule has 5 rings (SSSR count). The normalized spacial score (nSPS) is 23.4. The van der Waals surface area contributed by atoms with Crippen molar-refractivity contribution in [2.24, 2.45) is 10.7 Å². The Kier molecular flexibility index (Phi) is 3.72. The van der Waals surface area contributed by atoms with Crippen LogP contribution in [0.2, 0.25) is 5.15 Å². The van der Waals surface area contributed by atoms with Gasteiger partial charge in [-0.15, -0.1) is 0 Å². The summed E-state index contributed by atoms with van der Waals surface area (Å²) in [6, 6.07) is 7.44. The maximum Gasteiger partial charge on any atom is 0.212 e. The number of benzene rings is 1. The Morgan fingerprint density at radius 1 is 1.32 bits per heavy atom. The number of rotatable bonds is 2. The molecule has 0 radical (unpaired) electrons. The van der Waals surface area contributed by atoms with Gasteiger partial charge in [-0.2, -0.15) is 5.10 Å². The molecule has 1 fully saturated rings. The van der Waals surface area contributed by atoms with Gasteiger partial charge in [-0.1, -0.05) is 23.7 Å². The molecule has 3 aromatic rings. The fraction of sp³-hybridized carbons (Fsp3) is 0.353. The maximum absolute atomic E-state index is 11.9. The molecule has 2 unspecified atom stereocenters. The first-order chi connectivity index (χ1) is 13.3. The molecule has 28 heavy (non-hydrogen) atoms. The minimum absolute atomic E-state index is 0.0458. The van der Waals surface area contributed by atoms with Crippen molar-refractivity contribution in [1.29, 1.82) is 0 Å². The van der Waals surface area contributed by atoms with E-state index in [1.807, 2.05) is 35.8 Å². The molecule has 0 spiro atoms. The summed E-state index contributed by atoms with van der Waals surface area (Å²) in [6.07, 6.45) is -0.0395. The molecule has 2 atom stereocenters.